The molecule has 1 heterocycles. The molecule has 0 aromatic heterocycles. The van der Waals surface area contributed by atoms with Crippen molar-refractivity contribution >= 4 is 15.9 Å². The molecule has 2 rings (SSSR count). The summed E-state index contributed by atoms with van der Waals surface area (Å²) in [7, 11) is -3.46. The Labute approximate surface area is 113 Å². The molecule has 1 aliphatic rings. The average molecular weight is 285 g/mol. The van der Waals surface area contributed by atoms with E-state index in [4.69, 9.17) is 5.73 Å². The second-order valence-corrected chi connectivity index (χ2v) is 6.26. The third kappa shape index (κ3) is 3.44. The summed E-state index contributed by atoms with van der Waals surface area (Å²) in [6.45, 7) is 1.28. The molecule has 1 unspecified atom stereocenters. The molecule has 1 aromatic rings. The van der Waals surface area contributed by atoms with E-state index in [0.717, 1.165) is 12.8 Å². The number of aliphatic hydroxyl groups is 1. The van der Waals surface area contributed by atoms with Crippen molar-refractivity contribution in [3.8, 4) is 0 Å². The van der Waals surface area contributed by atoms with Crippen molar-refractivity contribution in [2.75, 3.05) is 24.4 Å². The summed E-state index contributed by atoms with van der Waals surface area (Å²) in [6, 6.07) is 6.59. The molecule has 0 aliphatic carbocycles. The number of nitrogens with one attached hydrogen (secondary N) is 1. The van der Waals surface area contributed by atoms with Crippen LogP contribution in [0.3, 0.4) is 0 Å². The molecule has 106 valence electrons. The summed E-state index contributed by atoms with van der Waals surface area (Å²) in [4.78, 5) is 0. The smallest absolute Gasteiger partial charge is 0.301 e. The number of nitrogens with two attached hydrogens (primary N) is 1. The number of benzene rings is 1. The SMILES string of the molecule is NCC(O)c1ccc(NS(=O)(=O)N2CCCC2)cc1. The molecule has 0 bridgehead atoms. The predicted molar refractivity (Wildman–Crippen MR) is 73.8 cm³/mol. The molecule has 6 nitrogen and oxygen atoms in total. The van der Waals surface area contributed by atoms with Crippen LogP contribution in [0.1, 0.15) is 24.5 Å². The van der Waals surface area contributed by atoms with Crippen LogP contribution in [-0.2, 0) is 10.2 Å². The molecule has 7 heteroatoms. The Morgan fingerprint density at radius 3 is 2.37 bits per heavy atom. The van der Waals surface area contributed by atoms with E-state index in [2.05, 4.69) is 4.72 Å². The van der Waals surface area contributed by atoms with E-state index in [0.29, 0.717) is 24.3 Å². The van der Waals surface area contributed by atoms with E-state index in [1.807, 2.05) is 0 Å². The lowest BCUT2D eigenvalue weighted by molar-refractivity contribution is 0.187. The van der Waals surface area contributed by atoms with Gasteiger partial charge in [-0.25, -0.2) is 0 Å². The number of rotatable bonds is 5. The Hall–Kier alpha value is -1.15. The van der Waals surface area contributed by atoms with E-state index in [1.54, 1.807) is 24.3 Å². The Morgan fingerprint density at radius 2 is 1.84 bits per heavy atom. The van der Waals surface area contributed by atoms with Gasteiger partial charge in [-0.05, 0) is 30.5 Å². The standard InChI is InChI=1S/C12H19N3O3S/c13-9-12(16)10-3-5-11(6-4-10)14-19(17,18)15-7-1-2-8-15/h3-6,12,14,16H,1-2,7-9,13H2. The number of anilines is 1. The van der Waals surface area contributed by atoms with E-state index < -0.39 is 16.3 Å². The van der Waals surface area contributed by atoms with Gasteiger partial charge in [0.1, 0.15) is 0 Å². The van der Waals surface area contributed by atoms with Gasteiger partial charge in [-0.1, -0.05) is 12.1 Å². The minimum absolute atomic E-state index is 0.138. The molecule has 1 fully saturated rings. The van der Waals surface area contributed by atoms with Gasteiger partial charge in [0.05, 0.1) is 6.10 Å². The van der Waals surface area contributed by atoms with Crippen LogP contribution < -0.4 is 10.5 Å². The van der Waals surface area contributed by atoms with Gasteiger partial charge in [0.25, 0.3) is 0 Å². The molecular weight excluding hydrogens is 266 g/mol. The van der Waals surface area contributed by atoms with Crippen LogP contribution >= 0.6 is 0 Å². The van der Waals surface area contributed by atoms with E-state index in [9.17, 15) is 13.5 Å². The highest BCUT2D eigenvalue weighted by atomic mass is 32.2. The van der Waals surface area contributed by atoms with E-state index in [1.165, 1.54) is 4.31 Å². The first-order valence-electron chi connectivity index (χ1n) is 6.29. The molecule has 0 saturated carbocycles. The summed E-state index contributed by atoms with van der Waals surface area (Å²) in [5.74, 6) is 0. The van der Waals surface area contributed by atoms with Gasteiger partial charge < -0.3 is 10.8 Å². The maximum absolute atomic E-state index is 12.0. The minimum atomic E-state index is -3.46. The molecule has 1 aliphatic heterocycles. The van der Waals surface area contributed by atoms with Gasteiger partial charge in [0.2, 0.25) is 0 Å². The first kappa shape index (κ1) is 14.3. The fourth-order valence-corrected chi connectivity index (χ4v) is 3.35. The maximum Gasteiger partial charge on any atom is 0.301 e. The zero-order valence-corrected chi connectivity index (χ0v) is 11.4. The minimum Gasteiger partial charge on any atom is -0.387 e. The van der Waals surface area contributed by atoms with Gasteiger partial charge in [-0.3, -0.25) is 4.72 Å². The van der Waals surface area contributed by atoms with Gasteiger partial charge in [-0.15, -0.1) is 0 Å². The molecule has 4 N–H and O–H groups in total. The third-order valence-corrected chi connectivity index (χ3v) is 4.71. The number of hydrogen-bond acceptors (Lipinski definition) is 4. The van der Waals surface area contributed by atoms with Crippen molar-refractivity contribution in [3.63, 3.8) is 0 Å². The van der Waals surface area contributed by atoms with Crippen LogP contribution in [0.25, 0.3) is 0 Å². The monoisotopic (exact) mass is 285 g/mol. The Morgan fingerprint density at radius 1 is 1.26 bits per heavy atom. The molecule has 1 atom stereocenters. The molecule has 19 heavy (non-hydrogen) atoms. The second kappa shape index (κ2) is 5.87. The zero-order chi connectivity index (χ0) is 13.9. The van der Waals surface area contributed by atoms with Gasteiger partial charge in [0.15, 0.2) is 0 Å². The molecule has 1 aromatic carbocycles. The molecule has 0 amide bonds. The lowest BCUT2D eigenvalue weighted by Gasteiger charge is -2.17. The van der Waals surface area contributed by atoms with E-state index in [-0.39, 0.29) is 6.54 Å². The summed E-state index contributed by atoms with van der Waals surface area (Å²) >= 11 is 0. The van der Waals surface area contributed by atoms with Crippen molar-refractivity contribution in [1.82, 2.24) is 4.31 Å². The summed E-state index contributed by atoms with van der Waals surface area (Å²) in [5, 5.41) is 9.55. The van der Waals surface area contributed by atoms with Crippen molar-refractivity contribution in [2.24, 2.45) is 5.73 Å². The highest BCUT2D eigenvalue weighted by molar-refractivity contribution is 7.90. The van der Waals surface area contributed by atoms with Crippen LogP contribution in [0, 0.1) is 0 Å². The molecule has 1 saturated heterocycles. The summed E-state index contributed by atoms with van der Waals surface area (Å²) < 4.78 is 28.0. The highest BCUT2D eigenvalue weighted by Gasteiger charge is 2.24. The molecule has 0 spiro atoms. The second-order valence-electron chi connectivity index (χ2n) is 4.59. The van der Waals surface area contributed by atoms with E-state index >= 15 is 0 Å². The lowest BCUT2D eigenvalue weighted by atomic mass is 10.1. The Kier molecular flexibility index (Phi) is 4.41. The Bertz CT molecular complexity index is 510. The first-order valence-corrected chi connectivity index (χ1v) is 7.73. The van der Waals surface area contributed by atoms with Gasteiger partial charge in [0, 0.05) is 25.3 Å². The fourth-order valence-electron chi connectivity index (χ4n) is 2.05. The van der Waals surface area contributed by atoms with Gasteiger partial charge in [-0.2, -0.15) is 12.7 Å². The fraction of sp³-hybridized carbons (Fsp3) is 0.500. The van der Waals surface area contributed by atoms with Crippen LogP contribution in [0.4, 0.5) is 5.69 Å². The van der Waals surface area contributed by atoms with Crippen LogP contribution in [0.5, 0.6) is 0 Å². The van der Waals surface area contributed by atoms with Gasteiger partial charge >= 0.3 is 10.2 Å². The third-order valence-electron chi connectivity index (χ3n) is 3.17. The lowest BCUT2D eigenvalue weighted by Crippen LogP contribution is -2.33. The van der Waals surface area contributed by atoms with Crippen LogP contribution in [0.2, 0.25) is 0 Å². The zero-order valence-electron chi connectivity index (χ0n) is 10.6. The first-order chi connectivity index (χ1) is 9.03. The Balaban J connectivity index is 2.07. The van der Waals surface area contributed by atoms with Crippen molar-refractivity contribution in [3.05, 3.63) is 29.8 Å². The normalized spacial score (nSPS) is 18.4. The van der Waals surface area contributed by atoms with Crippen LogP contribution in [0.15, 0.2) is 24.3 Å². The molecular formula is C12H19N3O3S. The summed E-state index contributed by atoms with van der Waals surface area (Å²) in [6.07, 6.45) is 1.09. The van der Waals surface area contributed by atoms with Crippen LogP contribution in [-0.4, -0.2) is 37.5 Å². The number of aliphatic hydroxyl groups excluding tert-OH is 1. The topological polar surface area (TPSA) is 95.7 Å². The molecule has 0 radical (unpaired) electrons. The highest BCUT2D eigenvalue weighted by Crippen LogP contribution is 2.19. The largest absolute Gasteiger partial charge is 0.387 e. The van der Waals surface area contributed by atoms with Crippen molar-refractivity contribution in [1.29, 1.82) is 0 Å². The number of nitrogens with zero attached hydrogens (tertiary/aromatic N) is 1. The predicted octanol–water partition coefficient (Wildman–Crippen LogP) is 0.431. The van der Waals surface area contributed by atoms with Crippen molar-refractivity contribution in [2.45, 2.75) is 18.9 Å². The average Bonchev–Trinajstić information content (AvgIpc) is 2.93. The summed E-state index contributed by atoms with van der Waals surface area (Å²) in [5.41, 5.74) is 6.52. The maximum atomic E-state index is 12.0. The van der Waals surface area contributed by atoms with Crippen molar-refractivity contribution < 1.29 is 13.5 Å². The quantitative estimate of drug-likeness (QED) is 0.731. The number of hydrogen-bond donors (Lipinski definition) is 3.